The fourth-order valence-corrected chi connectivity index (χ4v) is 4.35. The highest BCUT2D eigenvalue weighted by atomic mass is 35.5. The van der Waals surface area contributed by atoms with E-state index in [1.807, 2.05) is 35.2 Å². The molecule has 0 radical (unpaired) electrons. The van der Waals surface area contributed by atoms with E-state index in [9.17, 15) is 4.79 Å². The molecule has 1 atom stereocenters. The van der Waals surface area contributed by atoms with E-state index in [1.165, 1.54) is 17.1 Å². The Morgan fingerprint density at radius 2 is 2.00 bits per heavy atom. The van der Waals surface area contributed by atoms with Gasteiger partial charge >= 0.3 is 0 Å². The first-order chi connectivity index (χ1) is 13.6. The normalized spacial score (nSPS) is 17.0. The topological polar surface area (TPSA) is 49.3 Å². The van der Waals surface area contributed by atoms with Crippen molar-refractivity contribution in [3.8, 4) is 0 Å². The van der Waals surface area contributed by atoms with Crippen LogP contribution >= 0.6 is 23.1 Å². The number of hydrogen-bond donors (Lipinski definition) is 0. The summed E-state index contributed by atoms with van der Waals surface area (Å²) in [6.45, 7) is 4.21. The minimum atomic E-state index is 0.0247. The molecule has 1 aliphatic heterocycles. The number of carbonyl (C=O) groups is 1. The predicted molar refractivity (Wildman–Crippen MR) is 113 cm³/mol. The van der Waals surface area contributed by atoms with Crippen LogP contribution in [0.25, 0.3) is 0 Å². The maximum atomic E-state index is 12.8. The number of rotatable bonds is 4. The molecule has 144 valence electrons. The lowest BCUT2D eigenvalue weighted by atomic mass is 10.1. The molecular weight excluding hydrogens is 392 g/mol. The van der Waals surface area contributed by atoms with Crippen molar-refractivity contribution in [1.29, 1.82) is 0 Å². The highest BCUT2D eigenvalue weighted by molar-refractivity contribution is 7.09. The van der Waals surface area contributed by atoms with Crippen molar-refractivity contribution >= 4 is 34.2 Å². The summed E-state index contributed by atoms with van der Waals surface area (Å²) in [7, 11) is 0. The number of halogens is 1. The Kier molecular flexibility index (Phi) is 5.59. The molecule has 28 heavy (non-hydrogen) atoms. The summed E-state index contributed by atoms with van der Waals surface area (Å²) in [5, 5.41) is 1.50. The molecule has 0 aliphatic carbocycles. The molecule has 1 unspecified atom stereocenters. The van der Waals surface area contributed by atoms with Crippen LogP contribution in [-0.4, -0.2) is 45.8 Å². The van der Waals surface area contributed by atoms with Crippen molar-refractivity contribution in [2.45, 2.75) is 19.4 Å². The SMILES string of the molecule is CC1CN(c2nc(Cc3ccccc3)ns2)CCN1C(=O)c1cccc(Cl)c1. The van der Waals surface area contributed by atoms with E-state index in [0.717, 1.165) is 30.5 Å². The molecule has 0 spiro atoms. The number of anilines is 1. The number of amides is 1. The monoisotopic (exact) mass is 412 g/mol. The predicted octanol–water partition coefficient (Wildman–Crippen LogP) is 4.13. The lowest BCUT2D eigenvalue weighted by Gasteiger charge is -2.39. The molecule has 3 aromatic rings. The Hall–Kier alpha value is -2.44. The minimum absolute atomic E-state index is 0.0247. The third-order valence-electron chi connectivity index (χ3n) is 4.89. The molecule has 7 heteroatoms. The third kappa shape index (κ3) is 4.18. The number of hydrogen-bond acceptors (Lipinski definition) is 5. The van der Waals surface area contributed by atoms with Gasteiger partial charge in [-0.1, -0.05) is 48.0 Å². The zero-order chi connectivity index (χ0) is 19.5. The molecule has 1 aliphatic rings. The van der Waals surface area contributed by atoms with Crippen molar-refractivity contribution in [3.63, 3.8) is 0 Å². The average Bonchev–Trinajstić information content (AvgIpc) is 3.17. The smallest absolute Gasteiger partial charge is 0.254 e. The number of aromatic nitrogens is 2. The van der Waals surface area contributed by atoms with E-state index in [4.69, 9.17) is 16.6 Å². The highest BCUT2D eigenvalue weighted by Crippen LogP contribution is 2.24. The molecule has 1 aromatic heterocycles. The second kappa shape index (κ2) is 8.29. The zero-order valence-corrected chi connectivity index (χ0v) is 17.2. The van der Waals surface area contributed by atoms with Crippen molar-refractivity contribution < 1.29 is 4.79 Å². The lowest BCUT2D eigenvalue weighted by molar-refractivity contribution is 0.0674. The molecule has 1 amide bonds. The van der Waals surface area contributed by atoms with E-state index in [1.54, 1.807) is 12.1 Å². The Morgan fingerprint density at radius 1 is 1.18 bits per heavy atom. The second-order valence-electron chi connectivity index (χ2n) is 6.96. The van der Waals surface area contributed by atoms with Gasteiger partial charge in [0.25, 0.3) is 5.91 Å². The lowest BCUT2D eigenvalue weighted by Crippen LogP contribution is -2.54. The third-order valence-corrected chi connectivity index (χ3v) is 5.94. The van der Waals surface area contributed by atoms with Gasteiger partial charge in [0.15, 0.2) is 0 Å². The molecule has 0 N–H and O–H groups in total. The maximum Gasteiger partial charge on any atom is 0.254 e. The summed E-state index contributed by atoms with van der Waals surface area (Å²) in [5.74, 6) is 0.868. The van der Waals surface area contributed by atoms with E-state index < -0.39 is 0 Å². The second-order valence-corrected chi connectivity index (χ2v) is 8.13. The van der Waals surface area contributed by atoms with E-state index >= 15 is 0 Å². The van der Waals surface area contributed by atoms with Crippen LogP contribution in [0.3, 0.4) is 0 Å². The number of nitrogens with zero attached hydrogens (tertiary/aromatic N) is 4. The fraction of sp³-hybridized carbons (Fsp3) is 0.286. The summed E-state index contributed by atoms with van der Waals surface area (Å²) >= 11 is 7.46. The van der Waals surface area contributed by atoms with Crippen LogP contribution < -0.4 is 4.90 Å². The molecule has 2 aromatic carbocycles. The Balaban J connectivity index is 1.41. The summed E-state index contributed by atoms with van der Waals surface area (Å²) in [4.78, 5) is 21.7. The van der Waals surface area contributed by atoms with Crippen LogP contribution in [0.2, 0.25) is 5.02 Å². The van der Waals surface area contributed by atoms with Crippen molar-refractivity contribution in [2.75, 3.05) is 24.5 Å². The number of benzene rings is 2. The molecule has 1 fully saturated rings. The summed E-state index contributed by atoms with van der Waals surface area (Å²) < 4.78 is 4.52. The number of piperazine rings is 1. The van der Waals surface area contributed by atoms with Crippen LogP contribution in [0.1, 0.15) is 28.7 Å². The van der Waals surface area contributed by atoms with Gasteiger partial charge in [-0.2, -0.15) is 4.37 Å². The number of carbonyl (C=O) groups excluding carboxylic acids is 1. The molecule has 2 heterocycles. The molecule has 5 nitrogen and oxygen atoms in total. The summed E-state index contributed by atoms with van der Waals surface area (Å²) in [5.41, 5.74) is 1.84. The van der Waals surface area contributed by atoms with Gasteiger partial charge in [-0.3, -0.25) is 4.79 Å². The summed E-state index contributed by atoms with van der Waals surface area (Å²) in [6, 6.07) is 17.5. The van der Waals surface area contributed by atoms with E-state index in [0.29, 0.717) is 17.1 Å². The molecule has 0 bridgehead atoms. The standard InChI is InChI=1S/C21H21ClN4OS/c1-15-14-25(10-11-26(15)20(27)17-8-5-9-18(22)13-17)21-23-19(24-28-21)12-16-6-3-2-4-7-16/h2-9,13,15H,10-12,14H2,1H3. The van der Waals surface area contributed by atoms with Crippen LogP contribution in [0.5, 0.6) is 0 Å². The van der Waals surface area contributed by atoms with Gasteiger partial charge in [0.05, 0.1) is 0 Å². The van der Waals surface area contributed by atoms with Crippen LogP contribution in [0.15, 0.2) is 54.6 Å². The maximum absolute atomic E-state index is 12.8. The highest BCUT2D eigenvalue weighted by Gasteiger charge is 2.29. The van der Waals surface area contributed by atoms with Gasteiger partial charge in [-0.05, 0) is 30.7 Å². The van der Waals surface area contributed by atoms with Gasteiger partial charge in [-0.15, -0.1) is 0 Å². The minimum Gasteiger partial charge on any atom is -0.343 e. The first-order valence-electron chi connectivity index (χ1n) is 9.28. The first-order valence-corrected chi connectivity index (χ1v) is 10.4. The quantitative estimate of drug-likeness (QED) is 0.646. The fourth-order valence-electron chi connectivity index (χ4n) is 3.44. The Bertz CT molecular complexity index is 962. The Labute approximate surface area is 173 Å². The van der Waals surface area contributed by atoms with Gasteiger partial charge in [0.2, 0.25) is 5.13 Å². The van der Waals surface area contributed by atoms with Gasteiger partial charge in [0.1, 0.15) is 5.82 Å². The van der Waals surface area contributed by atoms with Gasteiger partial charge in [0, 0.05) is 54.2 Å². The average molecular weight is 413 g/mol. The van der Waals surface area contributed by atoms with E-state index in [2.05, 4.69) is 28.3 Å². The Morgan fingerprint density at radius 3 is 2.75 bits per heavy atom. The van der Waals surface area contributed by atoms with Crippen molar-refractivity contribution in [1.82, 2.24) is 14.3 Å². The molecular formula is C21H21ClN4OS. The molecule has 4 rings (SSSR count). The largest absolute Gasteiger partial charge is 0.343 e. The van der Waals surface area contributed by atoms with Gasteiger partial charge in [-0.25, -0.2) is 4.98 Å². The zero-order valence-electron chi connectivity index (χ0n) is 15.6. The van der Waals surface area contributed by atoms with Crippen LogP contribution in [0.4, 0.5) is 5.13 Å². The molecule has 0 saturated carbocycles. The first kappa shape index (κ1) is 18.9. The molecule has 1 saturated heterocycles. The van der Waals surface area contributed by atoms with E-state index in [-0.39, 0.29) is 11.9 Å². The summed E-state index contributed by atoms with van der Waals surface area (Å²) in [6.07, 6.45) is 0.736. The van der Waals surface area contributed by atoms with Crippen molar-refractivity contribution in [2.24, 2.45) is 0 Å². The van der Waals surface area contributed by atoms with Crippen LogP contribution in [0, 0.1) is 0 Å². The van der Waals surface area contributed by atoms with Crippen molar-refractivity contribution in [3.05, 3.63) is 76.6 Å². The van der Waals surface area contributed by atoms with Gasteiger partial charge < -0.3 is 9.80 Å². The van der Waals surface area contributed by atoms with Crippen LogP contribution in [-0.2, 0) is 6.42 Å².